The van der Waals surface area contributed by atoms with Gasteiger partial charge in [0.25, 0.3) is 0 Å². The van der Waals surface area contributed by atoms with Crippen LogP contribution in [0.2, 0.25) is 0 Å². The van der Waals surface area contributed by atoms with Crippen LogP contribution in [0.5, 0.6) is 0 Å². The summed E-state index contributed by atoms with van der Waals surface area (Å²) < 4.78 is 13.2. The van der Waals surface area contributed by atoms with Crippen LogP contribution in [0.3, 0.4) is 0 Å². The molecule has 1 aromatic carbocycles. The van der Waals surface area contributed by atoms with Gasteiger partial charge in [0.15, 0.2) is 0 Å². The highest BCUT2D eigenvalue weighted by molar-refractivity contribution is 5.80. The number of halogens is 1. The lowest BCUT2D eigenvalue weighted by Crippen LogP contribution is -2.46. The smallest absolute Gasteiger partial charge is 0.225 e. The third-order valence-electron chi connectivity index (χ3n) is 6.55. The zero-order valence-electron chi connectivity index (χ0n) is 18.8. The standard InChI is InChI=1S/C25H31FN4O2/c1-17-14-23(28-22-7-5-21(26)6-8-22)15-24(27-17)20-4-3-11-30(16-20)25(32)19-9-12-29(13-10-19)18(2)31/h5-8,14-15,19-20H,3-4,9-13,16H2,1-2H3,(H,27,28). The fraction of sp³-hybridized carbons (Fsp3) is 0.480. The zero-order chi connectivity index (χ0) is 22.7. The van der Waals surface area contributed by atoms with Crippen molar-refractivity contribution < 1.29 is 14.0 Å². The van der Waals surface area contributed by atoms with Gasteiger partial charge in [-0.15, -0.1) is 0 Å². The van der Waals surface area contributed by atoms with E-state index in [-0.39, 0.29) is 29.5 Å². The largest absolute Gasteiger partial charge is 0.355 e. The van der Waals surface area contributed by atoms with Gasteiger partial charge >= 0.3 is 0 Å². The van der Waals surface area contributed by atoms with Crippen molar-refractivity contribution in [2.24, 2.45) is 5.92 Å². The molecule has 0 bridgehead atoms. The van der Waals surface area contributed by atoms with E-state index in [1.165, 1.54) is 12.1 Å². The molecular formula is C25H31FN4O2. The lowest BCUT2D eigenvalue weighted by atomic mass is 9.90. The first kappa shape index (κ1) is 22.2. The van der Waals surface area contributed by atoms with E-state index in [4.69, 9.17) is 4.98 Å². The maximum absolute atomic E-state index is 13.2. The van der Waals surface area contributed by atoms with Crippen LogP contribution in [0.1, 0.15) is 49.9 Å². The Morgan fingerprint density at radius 2 is 1.72 bits per heavy atom. The number of anilines is 2. The van der Waals surface area contributed by atoms with Crippen molar-refractivity contribution in [2.45, 2.75) is 45.4 Å². The molecule has 0 saturated carbocycles. The van der Waals surface area contributed by atoms with Gasteiger partial charge in [-0.3, -0.25) is 14.6 Å². The highest BCUT2D eigenvalue weighted by atomic mass is 19.1. The van der Waals surface area contributed by atoms with Crippen molar-refractivity contribution in [3.63, 3.8) is 0 Å². The first-order valence-corrected chi connectivity index (χ1v) is 11.4. The first-order chi connectivity index (χ1) is 15.4. The van der Waals surface area contributed by atoms with Gasteiger partial charge in [-0.2, -0.15) is 0 Å². The maximum Gasteiger partial charge on any atom is 0.225 e. The molecule has 0 spiro atoms. The number of likely N-dealkylation sites (tertiary alicyclic amines) is 2. The highest BCUT2D eigenvalue weighted by Gasteiger charge is 2.32. The van der Waals surface area contributed by atoms with E-state index in [0.717, 1.165) is 55.0 Å². The number of rotatable bonds is 4. The molecule has 0 radical (unpaired) electrons. The fourth-order valence-corrected chi connectivity index (χ4v) is 4.79. The van der Waals surface area contributed by atoms with Gasteiger partial charge in [0.2, 0.25) is 11.8 Å². The number of benzene rings is 1. The number of aryl methyl sites for hydroxylation is 1. The monoisotopic (exact) mass is 438 g/mol. The number of amides is 2. The van der Waals surface area contributed by atoms with E-state index < -0.39 is 0 Å². The SMILES string of the molecule is CC(=O)N1CCC(C(=O)N2CCCC(c3cc(Nc4ccc(F)cc4)cc(C)n3)C2)CC1. The third-order valence-corrected chi connectivity index (χ3v) is 6.55. The summed E-state index contributed by atoms with van der Waals surface area (Å²) in [5, 5.41) is 3.33. The second-order valence-electron chi connectivity index (χ2n) is 8.96. The van der Waals surface area contributed by atoms with E-state index in [0.29, 0.717) is 19.6 Å². The average molecular weight is 439 g/mol. The van der Waals surface area contributed by atoms with E-state index in [1.807, 2.05) is 28.9 Å². The van der Waals surface area contributed by atoms with Gasteiger partial charge in [-0.05, 0) is 69.0 Å². The molecule has 2 amide bonds. The van der Waals surface area contributed by atoms with Crippen molar-refractivity contribution in [2.75, 3.05) is 31.5 Å². The summed E-state index contributed by atoms with van der Waals surface area (Å²) in [6.45, 7) is 6.36. The summed E-state index contributed by atoms with van der Waals surface area (Å²) in [6.07, 6.45) is 3.44. The number of hydrogen-bond donors (Lipinski definition) is 1. The summed E-state index contributed by atoms with van der Waals surface area (Å²) in [7, 11) is 0. The highest BCUT2D eigenvalue weighted by Crippen LogP contribution is 2.30. The number of hydrogen-bond acceptors (Lipinski definition) is 4. The second kappa shape index (κ2) is 9.67. The lowest BCUT2D eigenvalue weighted by Gasteiger charge is -2.37. The van der Waals surface area contributed by atoms with Crippen LogP contribution < -0.4 is 5.32 Å². The number of aromatic nitrogens is 1. The molecule has 2 saturated heterocycles. The molecule has 2 aliphatic rings. The minimum absolute atomic E-state index is 0.00511. The Balaban J connectivity index is 1.42. The van der Waals surface area contributed by atoms with E-state index >= 15 is 0 Å². The van der Waals surface area contributed by atoms with Crippen LogP contribution in [0.4, 0.5) is 15.8 Å². The Hall–Kier alpha value is -2.96. The molecule has 2 fully saturated rings. The van der Waals surface area contributed by atoms with E-state index in [1.54, 1.807) is 19.1 Å². The molecular weight excluding hydrogens is 407 g/mol. The van der Waals surface area contributed by atoms with Gasteiger partial charge < -0.3 is 15.1 Å². The lowest BCUT2D eigenvalue weighted by molar-refractivity contribution is -0.141. The molecule has 4 rings (SSSR count). The van der Waals surface area contributed by atoms with Gasteiger partial charge in [-0.25, -0.2) is 4.39 Å². The number of piperidine rings is 2. The number of carbonyl (C=O) groups excluding carboxylic acids is 2. The van der Waals surface area contributed by atoms with Crippen molar-refractivity contribution in [3.05, 3.63) is 53.6 Å². The normalized spacial score (nSPS) is 19.7. The Bertz CT molecular complexity index is 970. The van der Waals surface area contributed by atoms with Crippen LogP contribution in [0, 0.1) is 18.7 Å². The number of nitrogens with zero attached hydrogens (tertiary/aromatic N) is 3. The zero-order valence-corrected chi connectivity index (χ0v) is 18.8. The number of carbonyl (C=O) groups is 2. The molecule has 1 atom stereocenters. The quantitative estimate of drug-likeness (QED) is 0.776. The van der Waals surface area contributed by atoms with E-state index in [9.17, 15) is 14.0 Å². The molecule has 2 aromatic rings. The molecule has 7 heteroatoms. The molecule has 1 aromatic heterocycles. The summed E-state index contributed by atoms with van der Waals surface area (Å²) in [5.41, 5.74) is 3.63. The van der Waals surface area contributed by atoms with Gasteiger partial charge in [0.1, 0.15) is 5.82 Å². The Morgan fingerprint density at radius 1 is 1.00 bits per heavy atom. The second-order valence-corrected chi connectivity index (χ2v) is 8.96. The third kappa shape index (κ3) is 5.26. The Kier molecular flexibility index (Phi) is 6.72. The summed E-state index contributed by atoms with van der Waals surface area (Å²) in [6, 6.07) is 10.3. The molecule has 2 aliphatic heterocycles. The van der Waals surface area contributed by atoms with Crippen LogP contribution in [0.25, 0.3) is 0 Å². The predicted octanol–water partition coefficient (Wildman–Crippen LogP) is 4.24. The molecule has 32 heavy (non-hydrogen) atoms. The van der Waals surface area contributed by atoms with Crippen molar-refractivity contribution >= 4 is 23.2 Å². The molecule has 3 heterocycles. The first-order valence-electron chi connectivity index (χ1n) is 11.4. The van der Waals surface area contributed by atoms with Crippen molar-refractivity contribution in [3.8, 4) is 0 Å². The minimum Gasteiger partial charge on any atom is -0.355 e. The fourth-order valence-electron chi connectivity index (χ4n) is 4.79. The summed E-state index contributed by atoms with van der Waals surface area (Å²) in [5.74, 6) is 0.241. The van der Waals surface area contributed by atoms with Crippen LogP contribution in [-0.4, -0.2) is 52.8 Å². The Labute approximate surface area is 188 Å². The molecule has 170 valence electrons. The van der Waals surface area contributed by atoms with Gasteiger partial charge in [0, 0.05) is 67.7 Å². The van der Waals surface area contributed by atoms with Crippen LogP contribution in [-0.2, 0) is 9.59 Å². The predicted molar refractivity (Wildman–Crippen MR) is 122 cm³/mol. The van der Waals surface area contributed by atoms with Gasteiger partial charge in [0.05, 0.1) is 0 Å². The Morgan fingerprint density at radius 3 is 2.41 bits per heavy atom. The maximum atomic E-state index is 13.2. The molecule has 6 nitrogen and oxygen atoms in total. The number of nitrogens with one attached hydrogen (secondary N) is 1. The molecule has 1 N–H and O–H groups in total. The van der Waals surface area contributed by atoms with Crippen molar-refractivity contribution in [1.29, 1.82) is 0 Å². The molecule has 1 unspecified atom stereocenters. The molecule has 0 aliphatic carbocycles. The van der Waals surface area contributed by atoms with Crippen LogP contribution >= 0.6 is 0 Å². The van der Waals surface area contributed by atoms with Crippen molar-refractivity contribution in [1.82, 2.24) is 14.8 Å². The van der Waals surface area contributed by atoms with Crippen LogP contribution in [0.15, 0.2) is 36.4 Å². The topological polar surface area (TPSA) is 65.5 Å². The summed E-state index contributed by atoms with van der Waals surface area (Å²) >= 11 is 0. The minimum atomic E-state index is -0.263. The van der Waals surface area contributed by atoms with E-state index in [2.05, 4.69) is 5.32 Å². The summed E-state index contributed by atoms with van der Waals surface area (Å²) in [4.78, 5) is 33.3. The van der Waals surface area contributed by atoms with Gasteiger partial charge in [-0.1, -0.05) is 0 Å². The number of pyridine rings is 1. The average Bonchev–Trinajstić information content (AvgIpc) is 2.80.